The summed E-state index contributed by atoms with van der Waals surface area (Å²) in [5.74, 6) is 0. The lowest BCUT2D eigenvalue weighted by atomic mass is 10.1. The van der Waals surface area contributed by atoms with Gasteiger partial charge in [-0.25, -0.2) is 0 Å². The molecular weight excluding hydrogens is 244 g/mol. The number of hydrogen-bond donors (Lipinski definition) is 1. The molecule has 1 aliphatic heterocycles. The fraction of sp³-hybridized carbons (Fsp3) is 0.846. The smallest absolute Gasteiger partial charge is 0.205 e. The number of nitrogens with one attached hydrogen (secondary N) is 1. The first-order valence-electron chi connectivity index (χ1n) is 7.13. The van der Waals surface area contributed by atoms with Gasteiger partial charge < -0.3 is 5.32 Å². The van der Waals surface area contributed by atoms with Crippen LogP contribution in [-0.4, -0.2) is 34.2 Å². The van der Waals surface area contributed by atoms with Crippen LogP contribution in [0.15, 0.2) is 0 Å². The minimum absolute atomic E-state index is 0.735. The highest BCUT2D eigenvalue weighted by Crippen LogP contribution is 2.23. The molecule has 1 saturated heterocycles. The lowest BCUT2D eigenvalue weighted by molar-refractivity contribution is 0.185. The molecule has 1 atom stereocenters. The van der Waals surface area contributed by atoms with E-state index in [1.807, 2.05) is 0 Å². The summed E-state index contributed by atoms with van der Waals surface area (Å²) in [5, 5.41) is 13.8. The monoisotopic (exact) mass is 268 g/mol. The minimum atomic E-state index is 0.735. The van der Waals surface area contributed by atoms with Gasteiger partial charge in [0, 0.05) is 12.6 Å². The van der Waals surface area contributed by atoms with E-state index >= 15 is 0 Å². The molecule has 1 fully saturated rings. The number of hydrogen-bond acceptors (Lipinski definition) is 5. The van der Waals surface area contributed by atoms with E-state index in [9.17, 15) is 0 Å². The van der Waals surface area contributed by atoms with Crippen LogP contribution in [0.1, 0.15) is 51.0 Å². The zero-order valence-electron chi connectivity index (χ0n) is 11.5. The van der Waals surface area contributed by atoms with E-state index in [0.717, 1.165) is 29.3 Å². The van der Waals surface area contributed by atoms with E-state index in [-0.39, 0.29) is 0 Å². The van der Waals surface area contributed by atoms with Crippen LogP contribution in [0.5, 0.6) is 0 Å². The van der Waals surface area contributed by atoms with E-state index in [0.29, 0.717) is 0 Å². The third kappa shape index (κ3) is 3.65. The molecule has 1 unspecified atom stereocenters. The number of likely N-dealkylation sites (tertiary alicyclic amines) is 1. The Bertz CT molecular complexity index is 353. The molecular formula is C13H24N4S. The highest BCUT2D eigenvalue weighted by Gasteiger charge is 2.20. The van der Waals surface area contributed by atoms with E-state index in [1.165, 1.54) is 38.6 Å². The Labute approximate surface area is 114 Å². The standard InChI is InChI=1S/C13H24N4S/c1-3-11-8-6-5-7-9-17(11)10-12-15-16-13(18-12)14-4-2/h11H,3-10H2,1-2H3,(H,14,16). The highest BCUT2D eigenvalue weighted by atomic mass is 32.1. The first kappa shape index (κ1) is 13.7. The lowest BCUT2D eigenvalue weighted by Gasteiger charge is -2.27. The second-order valence-electron chi connectivity index (χ2n) is 4.91. The molecule has 1 aromatic rings. The van der Waals surface area contributed by atoms with E-state index < -0.39 is 0 Å². The predicted molar refractivity (Wildman–Crippen MR) is 77.0 cm³/mol. The molecule has 0 saturated carbocycles. The van der Waals surface area contributed by atoms with Gasteiger partial charge in [0.2, 0.25) is 5.13 Å². The molecule has 1 N–H and O–H groups in total. The first-order valence-corrected chi connectivity index (χ1v) is 7.95. The first-order chi connectivity index (χ1) is 8.83. The maximum atomic E-state index is 4.29. The largest absolute Gasteiger partial charge is 0.360 e. The number of nitrogens with zero attached hydrogens (tertiary/aromatic N) is 3. The molecule has 0 aliphatic carbocycles. The van der Waals surface area contributed by atoms with Crippen molar-refractivity contribution in [1.82, 2.24) is 15.1 Å². The third-order valence-electron chi connectivity index (χ3n) is 3.60. The summed E-state index contributed by atoms with van der Waals surface area (Å²) in [6.07, 6.45) is 6.68. The SMILES string of the molecule is CCNc1nnc(CN2CCCCCC2CC)s1. The second kappa shape index (κ2) is 7.04. The highest BCUT2D eigenvalue weighted by molar-refractivity contribution is 7.15. The molecule has 4 nitrogen and oxygen atoms in total. The molecule has 0 amide bonds. The maximum Gasteiger partial charge on any atom is 0.205 e. The van der Waals surface area contributed by atoms with Crippen LogP contribution in [0.4, 0.5) is 5.13 Å². The molecule has 0 aromatic carbocycles. The van der Waals surface area contributed by atoms with Gasteiger partial charge in [-0.2, -0.15) is 0 Å². The van der Waals surface area contributed by atoms with Crippen molar-refractivity contribution >= 4 is 16.5 Å². The molecule has 1 aromatic heterocycles. The van der Waals surface area contributed by atoms with Crippen molar-refractivity contribution in [2.75, 3.05) is 18.4 Å². The molecule has 102 valence electrons. The Morgan fingerprint density at radius 3 is 2.94 bits per heavy atom. The van der Waals surface area contributed by atoms with Crippen LogP contribution < -0.4 is 5.32 Å². The van der Waals surface area contributed by atoms with Gasteiger partial charge in [0.05, 0.1) is 6.54 Å². The average Bonchev–Trinajstić information content (AvgIpc) is 2.69. The molecule has 2 heterocycles. The summed E-state index contributed by atoms with van der Waals surface area (Å²) in [4.78, 5) is 2.60. The fourth-order valence-corrected chi connectivity index (χ4v) is 3.45. The number of aromatic nitrogens is 2. The van der Waals surface area contributed by atoms with Gasteiger partial charge in [-0.15, -0.1) is 10.2 Å². The van der Waals surface area contributed by atoms with Gasteiger partial charge in [0.25, 0.3) is 0 Å². The summed E-state index contributed by atoms with van der Waals surface area (Å²) in [7, 11) is 0. The van der Waals surface area contributed by atoms with Gasteiger partial charge in [0.15, 0.2) is 0 Å². The molecule has 0 radical (unpaired) electrons. The van der Waals surface area contributed by atoms with Gasteiger partial charge >= 0.3 is 0 Å². The average molecular weight is 268 g/mol. The Balaban J connectivity index is 1.96. The molecule has 0 spiro atoms. The van der Waals surface area contributed by atoms with Crippen LogP contribution >= 0.6 is 11.3 Å². The summed E-state index contributed by atoms with van der Waals surface area (Å²) in [6, 6.07) is 0.735. The van der Waals surface area contributed by atoms with Crippen molar-refractivity contribution in [3.05, 3.63) is 5.01 Å². The van der Waals surface area contributed by atoms with Crippen LogP contribution in [0.2, 0.25) is 0 Å². The van der Waals surface area contributed by atoms with Gasteiger partial charge in [-0.3, -0.25) is 4.90 Å². The Morgan fingerprint density at radius 1 is 1.28 bits per heavy atom. The molecule has 2 rings (SSSR count). The topological polar surface area (TPSA) is 41.1 Å². The zero-order valence-corrected chi connectivity index (χ0v) is 12.3. The van der Waals surface area contributed by atoms with Gasteiger partial charge in [0.1, 0.15) is 5.01 Å². The second-order valence-corrected chi connectivity index (χ2v) is 5.98. The summed E-state index contributed by atoms with van der Waals surface area (Å²) in [6.45, 7) is 7.49. The van der Waals surface area contributed by atoms with Crippen molar-refractivity contribution < 1.29 is 0 Å². The molecule has 1 aliphatic rings. The quantitative estimate of drug-likeness (QED) is 0.891. The Morgan fingerprint density at radius 2 is 2.17 bits per heavy atom. The fourth-order valence-electron chi connectivity index (χ4n) is 2.62. The van der Waals surface area contributed by atoms with E-state index in [2.05, 4.69) is 34.3 Å². The Hall–Kier alpha value is -0.680. The Kier molecular flexibility index (Phi) is 5.38. The van der Waals surface area contributed by atoms with Crippen molar-refractivity contribution in [3.63, 3.8) is 0 Å². The van der Waals surface area contributed by atoms with Crippen LogP contribution in [0.3, 0.4) is 0 Å². The normalized spacial score (nSPS) is 21.8. The van der Waals surface area contributed by atoms with Gasteiger partial charge in [-0.05, 0) is 32.7 Å². The van der Waals surface area contributed by atoms with Crippen molar-refractivity contribution in [3.8, 4) is 0 Å². The lowest BCUT2D eigenvalue weighted by Crippen LogP contribution is -2.33. The van der Waals surface area contributed by atoms with Crippen molar-refractivity contribution in [1.29, 1.82) is 0 Å². The third-order valence-corrected chi connectivity index (χ3v) is 4.47. The van der Waals surface area contributed by atoms with Crippen LogP contribution in [0, 0.1) is 0 Å². The summed E-state index contributed by atoms with van der Waals surface area (Å²) < 4.78 is 0. The van der Waals surface area contributed by atoms with E-state index in [4.69, 9.17) is 0 Å². The van der Waals surface area contributed by atoms with Crippen LogP contribution in [-0.2, 0) is 6.54 Å². The summed E-state index contributed by atoms with van der Waals surface area (Å²) >= 11 is 1.70. The minimum Gasteiger partial charge on any atom is -0.360 e. The summed E-state index contributed by atoms with van der Waals surface area (Å²) in [5.41, 5.74) is 0. The van der Waals surface area contributed by atoms with E-state index in [1.54, 1.807) is 11.3 Å². The zero-order chi connectivity index (χ0) is 12.8. The molecule has 18 heavy (non-hydrogen) atoms. The molecule has 5 heteroatoms. The van der Waals surface area contributed by atoms with Crippen molar-refractivity contribution in [2.24, 2.45) is 0 Å². The predicted octanol–water partition coefficient (Wildman–Crippen LogP) is 3.12. The number of anilines is 1. The van der Waals surface area contributed by atoms with Crippen molar-refractivity contribution in [2.45, 2.75) is 58.5 Å². The van der Waals surface area contributed by atoms with Gasteiger partial charge in [-0.1, -0.05) is 31.1 Å². The maximum absolute atomic E-state index is 4.29. The number of rotatable bonds is 5. The molecule has 0 bridgehead atoms. The van der Waals surface area contributed by atoms with Crippen LogP contribution in [0.25, 0.3) is 0 Å².